The molecule has 0 aromatic heterocycles. The zero-order chi connectivity index (χ0) is 13.5. The highest BCUT2D eigenvalue weighted by Crippen LogP contribution is 2.51. The van der Waals surface area contributed by atoms with Gasteiger partial charge in [-0.3, -0.25) is 0 Å². The molecule has 1 saturated carbocycles. The van der Waals surface area contributed by atoms with Gasteiger partial charge in [0.1, 0.15) is 5.75 Å². The maximum absolute atomic E-state index is 10.7. The molecule has 0 heterocycles. The van der Waals surface area contributed by atoms with Gasteiger partial charge in [0.25, 0.3) is 0 Å². The molecular weight excluding hydrogens is 224 g/mol. The minimum absolute atomic E-state index is 0.626. The van der Waals surface area contributed by atoms with E-state index in [-0.39, 0.29) is 0 Å². The predicted octanol–water partition coefficient (Wildman–Crippen LogP) is 3.57. The fraction of sp³-hybridized carbons (Fsp3) is 0.625. The summed E-state index contributed by atoms with van der Waals surface area (Å²) < 4.78 is 5.51. The molecule has 18 heavy (non-hydrogen) atoms. The Bertz CT molecular complexity index is 443. The molecule has 1 N–H and O–H groups in total. The highest BCUT2D eigenvalue weighted by Gasteiger charge is 2.46. The van der Waals surface area contributed by atoms with E-state index in [4.69, 9.17) is 4.74 Å². The van der Waals surface area contributed by atoms with Crippen molar-refractivity contribution >= 4 is 0 Å². The van der Waals surface area contributed by atoms with Crippen molar-refractivity contribution in [2.45, 2.75) is 46.1 Å². The fourth-order valence-corrected chi connectivity index (χ4v) is 2.92. The first-order valence-corrected chi connectivity index (χ1v) is 6.76. The lowest BCUT2D eigenvalue weighted by atomic mass is 9.63. The van der Waals surface area contributed by atoms with Crippen molar-refractivity contribution in [2.75, 3.05) is 7.11 Å². The first-order chi connectivity index (χ1) is 8.39. The number of benzene rings is 1. The van der Waals surface area contributed by atoms with Crippen LogP contribution in [0.2, 0.25) is 0 Å². The predicted molar refractivity (Wildman–Crippen MR) is 73.9 cm³/mol. The van der Waals surface area contributed by atoms with Crippen molar-refractivity contribution < 1.29 is 9.84 Å². The third-order valence-corrected chi connectivity index (χ3v) is 4.52. The Morgan fingerprint density at radius 2 is 1.89 bits per heavy atom. The van der Waals surface area contributed by atoms with E-state index >= 15 is 0 Å². The van der Waals surface area contributed by atoms with Crippen molar-refractivity contribution in [2.24, 2.45) is 11.8 Å². The summed E-state index contributed by atoms with van der Waals surface area (Å²) in [5.41, 5.74) is 2.62. The first kappa shape index (κ1) is 13.4. The number of ether oxygens (including phenoxy) is 1. The van der Waals surface area contributed by atoms with Gasteiger partial charge in [-0.05, 0) is 49.7 Å². The van der Waals surface area contributed by atoms with Gasteiger partial charge in [-0.1, -0.05) is 26.0 Å². The van der Waals surface area contributed by atoms with Crippen LogP contribution in [0, 0.1) is 25.7 Å². The molecule has 0 amide bonds. The maximum atomic E-state index is 10.7. The SMILES string of the molecule is COc1c(C2(O)CC(C(C)C)C2)ccc(C)c1C. The van der Waals surface area contributed by atoms with Crippen LogP contribution >= 0.6 is 0 Å². The van der Waals surface area contributed by atoms with E-state index in [1.54, 1.807) is 7.11 Å². The summed E-state index contributed by atoms with van der Waals surface area (Å²) in [6.45, 7) is 8.58. The van der Waals surface area contributed by atoms with Crippen LogP contribution in [-0.2, 0) is 5.60 Å². The topological polar surface area (TPSA) is 29.5 Å². The lowest BCUT2D eigenvalue weighted by Crippen LogP contribution is -2.43. The summed E-state index contributed by atoms with van der Waals surface area (Å²) in [6.07, 6.45) is 1.70. The van der Waals surface area contributed by atoms with Gasteiger partial charge in [0.15, 0.2) is 0 Å². The van der Waals surface area contributed by atoms with Crippen LogP contribution in [0.4, 0.5) is 0 Å². The molecular formula is C16H24O2. The molecule has 0 unspecified atom stereocenters. The Labute approximate surface area is 110 Å². The van der Waals surface area contributed by atoms with Gasteiger partial charge in [-0.25, -0.2) is 0 Å². The summed E-state index contributed by atoms with van der Waals surface area (Å²) in [7, 11) is 1.69. The van der Waals surface area contributed by atoms with Gasteiger partial charge in [0.05, 0.1) is 12.7 Å². The summed E-state index contributed by atoms with van der Waals surface area (Å²) in [5, 5.41) is 10.7. The van der Waals surface area contributed by atoms with Gasteiger partial charge in [0, 0.05) is 5.56 Å². The minimum Gasteiger partial charge on any atom is -0.496 e. The van der Waals surface area contributed by atoms with Crippen LogP contribution in [0.15, 0.2) is 12.1 Å². The first-order valence-electron chi connectivity index (χ1n) is 6.76. The van der Waals surface area contributed by atoms with Crippen molar-refractivity contribution in [1.29, 1.82) is 0 Å². The molecule has 1 aromatic carbocycles. The van der Waals surface area contributed by atoms with Crippen LogP contribution in [0.5, 0.6) is 5.75 Å². The zero-order valence-corrected chi connectivity index (χ0v) is 12.1. The van der Waals surface area contributed by atoms with Crippen LogP contribution in [-0.4, -0.2) is 12.2 Å². The molecule has 0 bridgehead atoms. The van der Waals surface area contributed by atoms with E-state index in [2.05, 4.69) is 33.8 Å². The molecule has 1 aromatic rings. The summed E-state index contributed by atoms with van der Waals surface area (Å²) >= 11 is 0. The standard InChI is InChI=1S/C16H24O2/c1-10(2)13-8-16(17,9-13)14-7-6-11(3)12(4)15(14)18-5/h6-7,10,13,17H,8-9H2,1-5H3. The maximum Gasteiger partial charge on any atom is 0.128 e. The molecule has 2 heteroatoms. The second kappa shape index (κ2) is 4.58. The Balaban J connectivity index is 2.33. The van der Waals surface area contributed by atoms with Crippen molar-refractivity contribution in [1.82, 2.24) is 0 Å². The zero-order valence-electron chi connectivity index (χ0n) is 12.1. The summed E-state index contributed by atoms with van der Waals surface area (Å²) in [4.78, 5) is 0. The molecule has 0 aliphatic heterocycles. The third-order valence-electron chi connectivity index (χ3n) is 4.52. The minimum atomic E-state index is -0.682. The largest absolute Gasteiger partial charge is 0.496 e. The van der Waals surface area contributed by atoms with Crippen molar-refractivity contribution in [3.05, 3.63) is 28.8 Å². The van der Waals surface area contributed by atoms with Crippen molar-refractivity contribution in [3.63, 3.8) is 0 Å². The number of aliphatic hydroxyl groups is 1. The van der Waals surface area contributed by atoms with E-state index in [9.17, 15) is 5.11 Å². The van der Waals surface area contributed by atoms with Crippen LogP contribution in [0.3, 0.4) is 0 Å². The molecule has 1 fully saturated rings. The summed E-state index contributed by atoms with van der Waals surface area (Å²) in [5.74, 6) is 2.13. The fourth-order valence-electron chi connectivity index (χ4n) is 2.92. The molecule has 100 valence electrons. The van der Waals surface area contributed by atoms with Gasteiger partial charge in [0.2, 0.25) is 0 Å². The molecule has 1 aliphatic carbocycles. The average Bonchev–Trinajstić information content (AvgIpc) is 2.28. The second-order valence-corrected chi connectivity index (χ2v) is 6.03. The molecule has 0 radical (unpaired) electrons. The van der Waals surface area contributed by atoms with E-state index in [0.29, 0.717) is 11.8 Å². The normalized spacial score (nSPS) is 27.2. The van der Waals surface area contributed by atoms with E-state index < -0.39 is 5.60 Å². The molecule has 0 atom stereocenters. The Morgan fingerprint density at radius 1 is 1.28 bits per heavy atom. The molecule has 2 rings (SSSR count). The Morgan fingerprint density at radius 3 is 2.39 bits per heavy atom. The molecule has 1 aliphatic rings. The molecule has 2 nitrogen and oxygen atoms in total. The highest BCUT2D eigenvalue weighted by atomic mass is 16.5. The molecule has 0 saturated heterocycles. The smallest absolute Gasteiger partial charge is 0.128 e. The lowest BCUT2D eigenvalue weighted by Gasteiger charge is -2.46. The van der Waals surface area contributed by atoms with Gasteiger partial charge >= 0.3 is 0 Å². The monoisotopic (exact) mass is 248 g/mol. The Hall–Kier alpha value is -1.02. The van der Waals surface area contributed by atoms with E-state index in [1.165, 1.54) is 5.56 Å². The van der Waals surface area contributed by atoms with Gasteiger partial charge in [-0.15, -0.1) is 0 Å². The summed E-state index contributed by atoms with van der Waals surface area (Å²) in [6, 6.07) is 4.10. The van der Waals surface area contributed by atoms with Crippen molar-refractivity contribution in [3.8, 4) is 5.75 Å². The van der Waals surface area contributed by atoms with Crippen LogP contribution in [0.1, 0.15) is 43.4 Å². The number of hydrogen-bond donors (Lipinski definition) is 1. The van der Waals surface area contributed by atoms with Gasteiger partial charge in [-0.2, -0.15) is 0 Å². The lowest BCUT2D eigenvalue weighted by molar-refractivity contribution is -0.0946. The van der Waals surface area contributed by atoms with Crippen LogP contribution < -0.4 is 4.74 Å². The number of methoxy groups -OCH3 is 1. The third kappa shape index (κ3) is 2.03. The number of aryl methyl sites for hydroxylation is 1. The average molecular weight is 248 g/mol. The second-order valence-electron chi connectivity index (χ2n) is 6.03. The van der Waals surface area contributed by atoms with E-state index in [1.807, 2.05) is 6.07 Å². The van der Waals surface area contributed by atoms with E-state index in [0.717, 1.165) is 29.7 Å². The number of hydrogen-bond acceptors (Lipinski definition) is 2. The van der Waals surface area contributed by atoms with Gasteiger partial charge < -0.3 is 9.84 Å². The van der Waals surface area contributed by atoms with Crippen LogP contribution in [0.25, 0.3) is 0 Å². The quantitative estimate of drug-likeness (QED) is 0.886. The highest BCUT2D eigenvalue weighted by molar-refractivity contribution is 5.48. The Kier molecular flexibility index (Phi) is 3.41. The molecule has 0 spiro atoms. The number of rotatable bonds is 3.